The molecule has 0 aliphatic rings. The monoisotopic (exact) mass is 497 g/mol. The second-order valence-electron chi connectivity index (χ2n) is 6.77. The van der Waals surface area contributed by atoms with E-state index in [4.69, 9.17) is 0 Å². The Bertz CT molecular complexity index is 1430. The van der Waals surface area contributed by atoms with Crippen molar-refractivity contribution in [2.75, 3.05) is 5.32 Å². The number of hydrogen-bond acceptors (Lipinski definition) is 8. The van der Waals surface area contributed by atoms with Gasteiger partial charge in [0.25, 0.3) is 5.91 Å². The number of thioether (sulfide) groups is 1. The van der Waals surface area contributed by atoms with Gasteiger partial charge < -0.3 is 5.32 Å². The number of nitrogens with one attached hydrogen (secondary N) is 1. The third-order valence-electron chi connectivity index (χ3n) is 4.59. The lowest BCUT2D eigenvalue weighted by Gasteiger charge is -2.04. The molecule has 0 saturated carbocycles. The molecular weight excluding hydrogens is 484 g/mol. The number of fused-ring (bicyclic) bond motifs is 1. The van der Waals surface area contributed by atoms with E-state index in [9.17, 15) is 13.6 Å². The molecule has 1 N–H and O–H groups in total. The van der Waals surface area contributed by atoms with Crippen LogP contribution >= 0.6 is 34.4 Å². The summed E-state index contributed by atoms with van der Waals surface area (Å²) < 4.78 is 26.4. The van der Waals surface area contributed by atoms with E-state index in [1.807, 2.05) is 5.38 Å². The van der Waals surface area contributed by atoms with Gasteiger partial charge in [0, 0.05) is 16.6 Å². The highest BCUT2D eigenvalue weighted by atomic mass is 32.2. The van der Waals surface area contributed by atoms with E-state index in [0.717, 1.165) is 26.4 Å². The average Bonchev–Trinajstić information content (AvgIpc) is 3.47. The van der Waals surface area contributed by atoms with Crippen molar-refractivity contribution in [1.29, 1.82) is 0 Å². The fourth-order valence-corrected chi connectivity index (χ4v) is 5.76. The van der Waals surface area contributed by atoms with Gasteiger partial charge in [-0.25, -0.2) is 18.7 Å². The van der Waals surface area contributed by atoms with Crippen molar-refractivity contribution in [1.82, 2.24) is 20.2 Å². The van der Waals surface area contributed by atoms with Crippen LogP contribution in [-0.4, -0.2) is 26.1 Å². The molecule has 0 aliphatic heterocycles. The molecule has 0 saturated heterocycles. The molecule has 33 heavy (non-hydrogen) atoms. The van der Waals surface area contributed by atoms with E-state index in [0.29, 0.717) is 16.4 Å². The van der Waals surface area contributed by atoms with Gasteiger partial charge in [-0.3, -0.25) is 4.79 Å². The molecule has 5 rings (SSSR count). The molecule has 0 bridgehead atoms. The summed E-state index contributed by atoms with van der Waals surface area (Å²) in [7, 11) is 0. The smallest absolute Gasteiger partial charge is 0.286 e. The molecule has 0 fully saturated rings. The van der Waals surface area contributed by atoms with Crippen LogP contribution in [0.1, 0.15) is 14.8 Å². The summed E-state index contributed by atoms with van der Waals surface area (Å²) in [6.45, 7) is 0. The summed E-state index contributed by atoms with van der Waals surface area (Å²) >= 11 is 4.15. The van der Waals surface area contributed by atoms with Gasteiger partial charge in [0.15, 0.2) is 0 Å². The molecule has 3 aromatic heterocycles. The number of carbonyl (C=O) groups is 1. The Balaban J connectivity index is 1.33. The van der Waals surface area contributed by atoms with Crippen LogP contribution in [0.25, 0.3) is 21.3 Å². The van der Waals surface area contributed by atoms with Gasteiger partial charge in [0.2, 0.25) is 5.01 Å². The Labute approximate surface area is 198 Å². The predicted molar refractivity (Wildman–Crippen MR) is 127 cm³/mol. The number of hydrogen-bond donors (Lipinski definition) is 1. The predicted octanol–water partition coefficient (Wildman–Crippen LogP) is 6.03. The average molecular weight is 498 g/mol. The number of halogens is 2. The van der Waals surface area contributed by atoms with Crippen molar-refractivity contribution in [2.45, 2.75) is 10.8 Å². The van der Waals surface area contributed by atoms with Crippen LogP contribution in [0.3, 0.4) is 0 Å². The van der Waals surface area contributed by atoms with E-state index in [1.54, 1.807) is 12.1 Å². The first kappa shape index (κ1) is 21.6. The minimum atomic E-state index is -0.406. The topological polar surface area (TPSA) is 80.7 Å². The molecule has 0 atom stereocenters. The van der Waals surface area contributed by atoms with Gasteiger partial charge >= 0.3 is 0 Å². The van der Waals surface area contributed by atoms with Crippen LogP contribution in [0.4, 0.5) is 14.5 Å². The maximum Gasteiger partial charge on any atom is 0.286 e. The van der Waals surface area contributed by atoms with Gasteiger partial charge in [0.1, 0.15) is 32.8 Å². The number of benzene rings is 2. The standard InChI is InChI=1S/C22H13F2N5OS3/c23-13-3-1-12(2-4-13)16-9-31-20-18(16)21(26-11-25-20)32-10-17-28-29-22(33-17)19(30)27-15-7-5-14(24)6-8-15/h1-9,11H,10H2,(H,27,30). The van der Waals surface area contributed by atoms with Crippen LogP contribution in [0.2, 0.25) is 0 Å². The van der Waals surface area contributed by atoms with Crippen molar-refractivity contribution >= 4 is 56.2 Å². The third-order valence-corrected chi connectivity index (χ3v) is 7.58. The lowest BCUT2D eigenvalue weighted by atomic mass is 10.1. The summed E-state index contributed by atoms with van der Waals surface area (Å²) in [5.41, 5.74) is 2.30. The number of thiophene rings is 1. The number of carbonyl (C=O) groups excluding carboxylic acids is 1. The SMILES string of the molecule is O=C(Nc1ccc(F)cc1)c1nnc(CSc2ncnc3scc(-c4ccc(F)cc4)c23)s1. The molecule has 6 nitrogen and oxygen atoms in total. The van der Waals surface area contributed by atoms with Gasteiger partial charge in [0.05, 0.1) is 11.1 Å². The molecule has 0 spiro atoms. The van der Waals surface area contributed by atoms with Crippen molar-refractivity contribution in [3.63, 3.8) is 0 Å². The minimum absolute atomic E-state index is 0.213. The van der Waals surface area contributed by atoms with Crippen molar-refractivity contribution in [2.24, 2.45) is 0 Å². The molecule has 164 valence electrons. The van der Waals surface area contributed by atoms with E-state index in [-0.39, 0.29) is 16.6 Å². The Morgan fingerprint density at radius 3 is 2.45 bits per heavy atom. The van der Waals surface area contributed by atoms with Crippen molar-refractivity contribution in [3.8, 4) is 11.1 Å². The normalized spacial score (nSPS) is 11.1. The van der Waals surface area contributed by atoms with Crippen LogP contribution in [0.15, 0.2) is 65.3 Å². The van der Waals surface area contributed by atoms with E-state index in [2.05, 4.69) is 25.5 Å². The van der Waals surface area contributed by atoms with Gasteiger partial charge in [-0.1, -0.05) is 35.2 Å². The zero-order valence-electron chi connectivity index (χ0n) is 16.7. The summed E-state index contributed by atoms with van der Waals surface area (Å²) in [6, 6.07) is 11.8. The van der Waals surface area contributed by atoms with Crippen molar-refractivity contribution in [3.05, 3.63) is 81.9 Å². The highest BCUT2D eigenvalue weighted by Gasteiger charge is 2.17. The van der Waals surface area contributed by atoms with Crippen molar-refractivity contribution < 1.29 is 13.6 Å². The number of anilines is 1. The molecule has 11 heteroatoms. The third kappa shape index (κ3) is 4.75. The zero-order valence-corrected chi connectivity index (χ0v) is 19.1. The summed E-state index contributed by atoms with van der Waals surface area (Å²) in [5, 5.41) is 15.3. The van der Waals surface area contributed by atoms with Crippen LogP contribution < -0.4 is 5.32 Å². The number of aromatic nitrogens is 4. The number of nitrogens with zero attached hydrogens (tertiary/aromatic N) is 4. The molecule has 0 aliphatic carbocycles. The van der Waals surface area contributed by atoms with Gasteiger partial charge in [-0.05, 0) is 42.0 Å². The maximum absolute atomic E-state index is 13.3. The highest BCUT2D eigenvalue weighted by Crippen LogP contribution is 2.38. The number of rotatable bonds is 6. The van der Waals surface area contributed by atoms with Gasteiger partial charge in [-0.15, -0.1) is 21.5 Å². The molecule has 5 aromatic rings. The first-order valence-corrected chi connectivity index (χ1v) is 12.3. The second kappa shape index (κ2) is 9.30. The summed E-state index contributed by atoms with van der Waals surface area (Å²) in [4.78, 5) is 22.0. The van der Waals surface area contributed by atoms with Gasteiger partial charge in [-0.2, -0.15) is 0 Å². The van der Waals surface area contributed by atoms with E-state index in [1.165, 1.54) is 77.2 Å². The minimum Gasteiger partial charge on any atom is -0.320 e. The van der Waals surface area contributed by atoms with Crippen LogP contribution in [-0.2, 0) is 5.75 Å². The molecule has 1 amide bonds. The lowest BCUT2D eigenvalue weighted by molar-refractivity contribution is 0.102. The first-order chi connectivity index (χ1) is 16.1. The highest BCUT2D eigenvalue weighted by molar-refractivity contribution is 7.98. The summed E-state index contributed by atoms with van der Waals surface area (Å²) in [6.07, 6.45) is 1.51. The fourth-order valence-electron chi connectivity index (χ4n) is 3.05. The zero-order chi connectivity index (χ0) is 22.8. The first-order valence-electron chi connectivity index (χ1n) is 9.57. The fraction of sp³-hybridized carbons (Fsp3) is 0.0455. The Kier molecular flexibility index (Phi) is 6.07. The van der Waals surface area contributed by atoms with E-state index < -0.39 is 5.91 Å². The molecule has 2 aromatic carbocycles. The van der Waals surface area contributed by atoms with Crippen LogP contribution in [0.5, 0.6) is 0 Å². The maximum atomic E-state index is 13.3. The molecular formula is C22H13F2N5OS3. The van der Waals surface area contributed by atoms with Crippen LogP contribution in [0, 0.1) is 11.6 Å². The Morgan fingerprint density at radius 1 is 0.970 bits per heavy atom. The molecule has 0 radical (unpaired) electrons. The molecule has 0 unspecified atom stereocenters. The lowest BCUT2D eigenvalue weighted by Crippen LogP contribution is -2.11. The second-order valence-corrected chi connectivity index (χ2v) is 9.65. The number of amides is 1. The Morgan fingerprint density at radius 2 is 1.70 bits per heavy atom. The largest absolute Gasteiger partial charge is 0.320 e. The Hall–Kier alpha value is -3.28. The van der Waals surface area contributed by atoms with E-state index >= 15 is 0 Å². The summed E-state index contributed by atoms with van der Waals surface area (Å²) in [5.74, 6) is -0.613. The quantitative estimate of drug-likeness (QED) is 0.228. The molecule has 3 heterocycles.